The van der Waals surface area contributed by atoms with Gasteiger partial charge < -0.3 is 15.0 Å². The molecule has 2 rings (SSSR count). The zero-order valence-electron chi connectivity index (χ0n) is 12.6. The highest BCUT2D eigenvalue weighted by Gasteiger charge is 2.41. The summed E-state index contributed by atoms with van der Waals surface area (Å²) in [5.41, 5.74) is 0. The van der Waals surface area contributed by atoms with E-state index in [1.54, 1.807) is 0 Å². The Kier molecular flexibility index (Phi) is 5.52. The third-order valence-electron chi connectivity index (χ3n) is 3.53. The second-order valence-corrected chi connectivity index (χ2v) is 5.26. The maximum atomic E-state index is 11.9. The van der Waals surface area contributed by atoms with E-state index in [0.717, 1.165) is 18.6 Å². The molecule has 1 saturated heterocycles. The standard InChI is InChI=1S/C16H20N2O4/c1-18-11-13(14(19)16(18)21)15(20)17-9-5-6-10-22-12-7-3-2-4-8-12/h2-4,7-8,13H,5-6,9-11H2,1H3,(H,17,20). The first-order chi connectivity index (χ1) is 10.6. The van der Waals surface area contributed by atoms with Crippen LogP contribution in [0.4, 0.5) is 0 Å². The normalized spacial score (nSPS) is 17.7. The first-order valence-electron chi connectivity index (χ1n) is 7.34. The van der Waals surface area contributed by atoms with Crippen molar-refractivity contribution in [3.05, 3.63) is 30.3 Å². The number of likely N-dealkylation sites (N-methyl/N-ethyl adjacent to an activating group) is 1. The van der Waals surface area contributed by atoms with E-state index < -0.39 is 17.6 Å². The number of likely N-dealkylation sites (tertiary alicyclic amines) is 1. The van der Waals surface area contributed by atoms with Gasteiger partial charge >= 0.3 is 0 Å². The van der Waals surface area contributed by atoms with Gasteiger partial charge in [0.05, 0.1) is 6.61 Å². The molecule has 22 heavy (non-hydrogen) atoms. The van der Waals surface area contributed by atoms with Crippen LogP contribution in [-0.2, 0) is 14.4 Å². The van der Waals surface area contributed by atoms with Crippen LogP contribution in [0.5, 0.6) is 5.75 Å². The monoisotopic (exact) mass is 304 g/mol. The SMILES string of the molecule is CN1CC(C(=O)NCCCCOc2ccccc2)C(=O)C1=O. The van der Waals surface area contributed by atoms with Crippen molar-refractivity contribution in [3.63, 3.8) is 0 Å². The lowest BCUT2D eigenvalue weighted by Gasteiger charge is -2.10. The molecule has 0 aliphatic carbocycles. The van der Waals surface area contributed by atoms with Crippen LogP contribution in [0.1, 0.15) is 12.8 Å². The highest BCUT2D eigenvalue weighted by atomic mass is 16.5. The van der Waals surface area contributed by atoms with Crippen LogP contribution in [0, 0.1) is 5.92 Å². The Balaban J connectivity index is 1.60. The van der Waals surface area contributed by atoms with Gasteiger partial charge in [0.25, 0.3) is 5.91 Å². The van der Waals surface area contributed by atoms with E-state index >= 15 is 0 Å². The van der Waals surface area contributed by atoms with Crippen molar-refractivity contribution in [2.45, 2.75) is 12.8 Å². The largest absolute Gasteiger partial charge is 0.494 e. The van der Waals surface area contributed by atoms with Crippen LogP contribution in [-0.4, -0.2) is 49.2 Å². The van der Waals surface area contributed by atoms with E-state index in [1.807, 2.05) is 30.3 Å². The van der Waals surface area contributed by atoms with Gasteiger partial charge in [-0.2, -0.15) is 0 Å². The number of para-hydroxylation sites is 1. The third-order valence-corrected chi connectivity index (χ3v) is 3.53. The van der Waals surface area contributed by atoms with Crippen molar-refractivity contribution in [1.29, 1.82) is 0 Å². The number of amides is 2. The van der Waals surface area contributed by atoms with Gasteiger partial charge in [0.1, 0.15) is 11.7 Å². The lowest BCUT2D eigenvalue weighted by atomic mass is 10.1. The van der Waals surface area contributed by atoms with Gasteiger partial charge in [0, 0.05) is 20.1 Å². The predicted octanol–water partition coefficient (Wildman–Crippen LogP) is 0.619. The molecule has 1 heterocycles. The number of carbonyl (C=O) groups excluding carboxylic acids is 3. The Hall–Kier alpha value is -2.37. The summed E-state index contributed by atoms with van der Waals surface area (Å²) in [4.78, 5) is 36.1. The average molecular weight is 304 g/mol. The lowest BCUT2D eigenvalue weighted by Crippen LogP contribution is -2.36. The molecule has 0 spiro atoms. The number of hydrogen-bond acceptors (Lipinski definition) is 4. The summed E-state index contributed by atoms with van der Waals surface area (Å²) in [5.74, 6) is -1.61. The Morgan fingerprint density at radius 3 is 2.64 bits per heavy atom. The maximum absolute atomic E-state index is 11.9. The van der Waals surface area contributed by atoms with Crippen LogP contribution in [0.2, 0.25) is 0 Å². The van der Waals surface area contributed by atoms with Gasteiger partial charge in [-0.1, -0.05) is 18.2 Å². The number of nitrogens with zero attached hydrogens (tertiary/aromatic N) is 1. The summed E-state index contributed by atoms with van der Waals surface area (Å²) in [6, 6.07) is 9.52. The number of rotatable bonds is 7. The molecule has 6 nitrogen and oxygen atoms in total. The summed E-state index contributed by atoms with van der Waals surface area (Å²) >= 11 is 0. The number of hydrogen-bond donors (Lipinski definition) is 1. The van der Waals surface area contributed by atoms with E-state index in [-0.39, 0.29) is 12.5 Å². The Labute approximate surface area is 129 Å². The van der Waals surface area contributed by atoms with E-state index in [2.05, 4.69) is 5.32 Å². The quantitative estimate of drug-likeness (QED) is 0.455. The highest BCUT2D eigenvalue weighted by Crippen LogP contribution is 2.12. The van der Waals surface area contributed by atoms with Crippen LogP contribution in [0.3, 0.4) is 0 Å². The molecular weight excluding hydrogens is 284 g/mol. The number of Topliss-reactive ketones (excluding diaryl/α,β-unsaturated/α-hetero) is 1. The van der Waals surface area contributed by atoms with Gasteiger partial charge in [-0.05, 0) is 25.0 Å². The van der Waals surface area contributed by atoms with Crippen LogP contribution in [0.15, 0.2) is 30.3 Å². The van der Waals surface area contributed by atoms with Crippen LogP contribution >= 0.6 is 0 Å². The first-order valence-corrected chi connectivity index (χ1v) is 7.34. The maximum Gasteiger partial charge on any atom is 0.290 e. The zero-order chi connectivity index (χ0) is 15.9. The minimum atomic E-state index is -0.863. The van der Waals surface area contributed by atoms with E-state index in [9.17, 15) is 14.4 Å². The molecule has 0 aromatic heterocycles. The van der Waals surface area contributed by atoms with E-state index in [4.69, 9.17) is 4.74 Å². The van der Waals surface area contributed by atoms with Gasteiger partial charge in [0.15, 0.2) is 0 Å². The number of nitrogens with one attached hydrogen (secondary N) is 1. The lowest BCUT2D eigenvalue weighted by molar-refractivity contribution is -0.142. The van der Waals surface area contributed by atoms with Crippen molar-refractivity contribution in [2.75, 3.05) is 26.7 Å². The van der Waals surface area contributed by atoms with Crippen molar-refractivity contribution < 1.29 is 19.1 Å². The molecule has 1 aromatic carbocycles. The fraction of sp³-hybridized carbons (Fsp3) is 0.438. The molecule has 1 unspecified atom stereocenters. The van der Waals surface area contributed by atoms with E-state index in [1.165, 1.54) is 11.9 Å². The summed E-state index contributed by atoms with van der Waals surface area (Å²) < 4.78 is 5.54. The minimum absolute atomic E-state index is 0.167. The Morgan fingerprint density at radius 2 is 2.00 bits per heavy atom. The summed E-state index contributed by atoms with van der Waals surface area (Å²) in [6.45, 7) is 1.21. The van der Waals surface area contributed by atoms with Gasteiger partial charge in [0.2, 0.25) is 11.7 Å². The Bertz CT molecular complexity index is 544. The second kappa shape index (κ2) is 7.59. The van der Waals surface area contributed by atoms with Crippen molar-refractivity contribution in [3.8, 4) is 5.75 Å². The van der Waals surface area contributed by atoms with Crippen molar-refractivity contribution in [2.24, 2.45) is 5.92 Å². The summed E-state index contributed by atoms with van der Waals surface area (Å²) in [5, 5.41) is 2.70. The van der Waals surface area contributed by atoms with E-state index in [0.29, 0.717) is 13.2 Å². The summed E-state index contributed by atoms with van der Waals surface area (Å²) in [7, 11) is 1.52. The summed E-state index contributed by atoms with van der Waals surface area (Å²) in [6.07, 6.45) is 1.55. The van der Waals surface area contributed by atoms with Gasteiger partial charge in [-0.15, -0.1) is 0 Å². The third kappa shape index (κ3) is 4.07. The van der Waals surface area contributed by atoms with Crippen LogP contribution < -0.4 is 10.1 Å². The number of carbonyl (C=O) groups is 3. The molecule has 1 fully saturated rings. The second-order valence-electron chi connectivity index (χ2n) is 5.26. The van der Waals surface area contributed by atoms with Gasteiger partial charge in [-0.25, -0.2) is 0 Å². The topological polar surface area (TPSA) is 75.7 Å². The van der Waals surface area contributed by atoms with Crippen molar-refractivity contribution in [1.82, 2.24) is 10.2 Å². The molecule has 1 N–H and O–H groups in total. The number of benzene rings is 1. The minimum Gasteiger partial charge on any atom is -0.494 e. The molecule has 1 aliphatic heterocycles. The average Bonchev–Trinajstić information content (AvgIpc) is 2.79. The molecule has 6 heteroatoms. The smallest absolute Gasteiger partial charge is 0.290 e. The Morgan fingerprint density at radius 1 is 1.27 bits per heavy atom. The number of ether oxygens (including phenoxy) is 1. The number of unbranched alkanes of at least 4 members (excludes halogenated alkanes) is 1. The first kappa shape index (κ1) is 16.0. The fourth-order valence-electron chi connectivity index (χ4n) is 2.25. The molecule has 1 aliphatic rings. The molecule has 0 saturated carbocycles. The molecule has 0 bridgehead atoms. The van der Waals surface area contributed by atoms with Gasteiger partial charge in [-0.3, -0.25) is 14.4 Å². The fourth-order valence-corrected chi connectivity index (χ4v) is 2.25. The van der Waals surface area contributed by atoms with Crippen molar-refractivity contribution >= 4 is 17.6 Å². The molecule has 0 radical (unpaired) electrons. The molecule has 1 atom stereocenters. The predicted molar refractivity (Wildman–Crippen MR) is 80.3 cm³/mol. The molecule has 118 valence electrons. The van der Waals surface area contributed by atoms with Crippen LogP contribution in [0.25, 0.3) is 0 Å². The zero-order valence-corrected chi connectivity index (χ0v) is 12.6. The molecule has 2 amide bonds. The highest BCUT2D eigenvalue weighted by molar-refractivity contribution is 6.42. The molecular formula is C16H20N2O4. The number of ketones is 1. The molecule has 1 aromatic rings.